The summed E-state index contributed by atoms with van der Waals surface area (Å²) in [6.45, 7) is 4.42. The number of carbonyl (C=O) groups excluding carboxylic acids is 6. The molecule has 6 unspecified atom stereocenters. The average Bonchev–Trinajstić information content (AvgIpc) is 1.43. The van der Waals surface area contributed by atoms with Crippen molar-refractivity contribution in [3.63, 3.8) is 0 Å². The Morgan fingerprint density at radius 3 is 0.867 bits per heavy atom. The first kappa shape index (κ1) is 82.5. The molecule has 0 amide bonds. The molecule has 2 saturated heterocycles. The van der Waals surface area contributed by atoms with Gasteiger partial charge in [0.15, 0.2) is 12.6 Å². The van der Waals surface area contributed by atoms with Gasteiger partial charge in [-0.15, -0.1) is 0 Å². The fourth-order valence-corrected chi connectivity index (χ4v) is 11.2. The second-order valence-corrected chi connectivity index (χ2v) is 25.1. The van der Waals surface area contributed by atoms with E-state index in [1.54, 1.807) is 0 Å². The molecular formula is C68H122O22. The second-order valence-electron chi connectivity index (χ2n) is 25.1. The maximum Gasteiger partial charge on any atom is 0.306 e. The van der Waals surface area contributed by atoms with E-state index in [1.165, 1.54) is 0 Å². The fraction of sp³-hybridized carbons (Fsp3) is 0.912. The van der Waals surface area contributed by atoms with Gasteiger partial charge in [-0.1, -0.05) is 168 Å². The lowest BCUT2D eigenvalue weighted by Crippen LogP contribution is -2.58. The average molecular weight is 1290 g/mol. The first-order chi connectivity index (χ1) is 43.5. The van der Waals surface area contributed by atoms with Gasteiger partial charge in [-0.25, -0.2) is 0 Å². The van der Waals surface area contributed by atoms with E-state index in [9.17, 15) is 69.6 Å². The molecule has 0 saturated carbocycles. The third-order valence-corrected chi connectivity index (χ3v) is 16.9. The summed E-state index contributed by atoms with van der Waals surface area (Å²) < 4.78 is 42.9. The third kappa shape index (κ3) is 41.2. The van der Waals surface area contributed by atoms with E-state index in [0.717, 1.165) is 231 Å². The highest BCUT2D eigenvalue weighted by Crippen LogP contribution is 2.24. The van der Waals surface area contributed by atoms with Crippen molar-refractivity contribution in [3.8, 4) is 0 Å². The lowest BCUT2D eigenvalue weighted by atomic mass is 9.99. The molecule has 12 atom stereocenters. The van der Waals surface area contributed by atoms with Crippen molar-refractivity contribution >= 4 is 35.8 Å². The van der Waals surface area contributed by atoms with Crippen LogP contribution in [0.25, 0.3) is 0 Å². The van der Waals surface area contributed by atoms with Crippen molar-refractivity contribution in [2.45, 2.75) is 370 Å². The molecule has 2 fully saturated rings. The van der Waals surface area contributed by atoms with Crippen molar-refractivity contribution in [1.82, 2.24) is 0 Å². The Hall–Kier alpha value is -3.58. The van der Waals surface area contributed by atoms with E-state index < -0.39 is 86.6 Å². The van der Waals surface area contributed by atoms with Crippen LogP contribution in [0.15, 0.2) is 0 Å². The molecule has 22 nitrogen and oxygen atoms in total. The lowest BCUT2D eigenvalue weighted by molar-refractivity contribution is -0.287. The number of ether oxygens (including phenoxy) is 8. The predicted octanol–water partition coefficient (Wildman–Crippen LogP) is 9.79. The highest BCUT2D eigenvalue weighted by molar-refractivity contribution is 5.73. The Morgan fingerprint density at radius 2 is 0.544 bits per heavy atom. The summed E-state index contributed by atoms with van der Waals surface area (Å²) in [5, 5.41) is 78.2. The summed E-state index contributed by atoms with van der Waals surface area (Å²) in [5.41, 5.74) is 0. The van der Waals surface area contributed by atoms with Crippen LogP contribution in [0.3, 0.4) is 0 Å². The zero-order valence-electron chi connectivity index (χ0n) is 55.2. The van der Waals surface area contributed by atoms with Crippen molar-refractivity contribution in [1.29, 1.82) is 0 Å². The molecule has 0 aromatic rings. The maximum absolute atomic E-state index is 12.7. The molecule has 90 heavy (non-hydrogen) atoms. The van der Waals surface area contributed by atoms with Gasteiger partial charge in [0.2, 0.25) is 0 Å². The first-order valence-electron chi connectivity index (χ1n) is 35.2. The SMILES string of the molecule is CCCCCC[C@H](CCCCCCCCCCC(=O)OCCCCCCCCCCOC(=O)CCCCCCCCCC[C@@H](CCCCCC)OC(=O)CCCC(=O)OCC1OC(O)C(O)[C@@H](O)[C@H]1O)OC(=O)CCCC(=O)OCC1OC(O)C(O)[C@@H](O)[C@H]1O. The van der Waals surface area contributed by atoms with Crippen LogP contribution >= 0.6 is 0 Å². The monoisotopic (exact) mass is 1290 g/mol. The van der Waals surface area contributed by atoms with Gasteiger partial charge in [0.25, 0.3) is 0 Å². The normalized spacial score (nSPS) is 22.3. The van der Waals surface area contributed by atoms with Crippen LogP contribution in [0, 0.1) is 0 Å². The van der Waals surface area contributed by atoms with E-state index in [4.69, 9.17) is 37.9 Å². The Kier molecular flexibility index (Phi) is 49.3. The molecule has 526 valence electrons. The molecule has 0 radical (unpaired) electrons. The molecular weight excluding hydrogens is 1170 g/mol. The summed E-state index contributed by atoms with van der Waals surface area (Å²) in [5.74, 6) is -2.18. The van der Waals surface area contributed by atoms with Crippen molar-refractivity contribution in [2.75, 3.05) is 26.4 Å². The maximum atomic E-state index is 12.7. The number of aliphatic hydroxyl groups is 8. The van der Waals surface area contributed by atoms with Crippen LogP contribution in [0.2, 0.25) is 0 Å². The minimum Gasteiger partial charge on any atom is -0.466 e. The number of unbranched alkanes of at least 4 members (excludes halogenated alkanes) is 27. The Labute approximate surface area is 537 Å². The van der Waals surface area contributed by atoms with Crippen LogP contribution < -0.4 is 0 Å². The van der Waals surface area contributed by atoms with E-state index in [0.29, 0.717) is 26.1 Å². The van der Waals surface area contributed by atoms with Crippen molar-refractivity contribution in [3.05, 3.63) is 0 Å². The van der Waals surface area contributed by atoms with Gasteiger partial charge < -0.3 is 78.7 Å². The largest absolute Gasteiger partial charge is 0.466 e. The van der Waals surface area contributed by atoms with Gasteiger partial charge in [-0.2, -0.15) is 0 Å². The van der Waals surface area contributed by atoms with Gasteiger partial charge in [0.05, 0.1) is 13.2 Å². The zero-order valence-corrected chi connectivity index (χ0v) is 55.2. The molecule has 8 N–H and O–H groups in total. The van der Waals surface area contributed by atoms with Crippen LogP contribution in [-0.4, -0.2) is 177 Å². The summed E-state index contributed by atoms with van der Waals surface area (Å²) >= 11 is 0. The third-order valence-electron chi connectivity index (χ3n) is 16.9. The highest BCUT2D eigenvalue weighted by Gasteiger charge is 2.44. The molecule has 0 aromatic carbocycles. The molecule has 2 aliphatic rings. The molecule has 22 heteroatoms. The number of esters is 6. The van der Waals surface area contributed by atoms with Gasteiger partial charge in [-0.05, 0) is 89.9 Å². The smallest absolute Gasteiger partial charge is 0.306 e. The van der Waals surface area contributed by atoms with Gasteiger partial charge >= 0.3 is 35.8 Å². The Bertz CT molecular complexity index is 1710. The standard InChI is InChI=1S/C68H122O22/c1-3-5-7-27-37-51(87-59(73)45-35-43-57(71)85-49-53-61(75)63(77)65(79)67(81)89-53)39-29-21-15-9-11-17-23-31-41-55(69)83-47-33-25-19-13-14-20-26-34-48-84-56(70)42-32-24-18-12-10-16-22-30-40-52(38-28-8-6-4-2)88-60(74)46-36-44-58(72)86-50-54-62(76)64(78)66(80)68(82)90-54/h51-54,61-68,75-82H,3-50H2,1-2H3/t51-,52-,53?,54?,61+,62+,63+,64+,65?,66?,67?,68?/m1/s1. The summed E-state index contributed by atoms with van der Waals surface area (Å²) in [6, 6.07) is 0. The number of rotatable bonds is 57. The number of aliphatic hydroxyl groups excluding tert-OH is 8. The Balaban J connectivity index is 1.37. The molecule has 0 aliphatic carbocycles. The van der Waals surface area contributed by atoms with Gasteiger partial charge in [0, 0.05) is 38.5 Å². The number of carbonyl (C=O) groups is 6. The lowest BCUT2D eigenvalue weighted by Gasteiger charge is -2.37. The number of hydrogen-bond donors (Lipinski definition) is 8. The topological polar surface area (TPSA) is 338 Å². The first-order valence-corrected chi connectivity index (χ1v) is 35.2. The van der Waals surface area contributed by atoms with Crippen LogP contribution in [0.5, 0.6) is 0 Å². The van der Waals surface area contributed by atoms with Gasteiger partial charge in [0.1, 0.15) is 74.3 Å². The van der Waals surface area contributed by atoms with E-state index in [2.05, 4.69) is 13.8 Å². The molecule has 0 spiro atoms. The molecule has 2 aliphatic heterocycles. The highest BCUT2D eigenvalue weighted by atomic mass is 16.7. The summed E-state index contributed by atoms with van der Waals surface area (Å²) in [4.78, 5) is 74.4. The molecule has 2 rings (SSSR count). The second kappa shape index (κ2) is 53.8. The molecule has 0 bridgehead atoms. The van der Waals surface area contributed by atoms with E-state index >= 15 is 0 Å². The molecule has 2 heterocycles. The van der Waals surface area contributed by atoms with E-state index in [-0.39, 0.29) is 74.6 Å². The zero-order chi connectivity index (χ0) is 66.0. The summed E-state index contributed by atoms with van der Waals surface area (Å²) in [6.07, 6.45) is 22.3. The molecule has 0 aromatic heterocycles. The fourth-order valence-electron chi connectivity index (χ4n) is 11.2. The number of hydrogen-bond acceptors (Lipinski definition) is 22. The van der Waals surface area contributed by atoms with Crippen LogP contribution in [0.1, 0.15) is 296 Å². The predicted molar refractivity (Wildman–Crippen MR) is 336 cm³/mol. The van der Waals surface area contributed by atoms with Crippen molar-refractivity contribution in [2.24, 2.45) is 0 Å². The minimum atomic E-state index is -1.72. The van der Waals surface area contributed by atoms with Crippen LogP contribution in [-0.2, 0) is 66.7 Å². The minimum absolute atomic E-state index is 0.0535. The van der Waals surface area contributed by atoms with Crippen molar-refractivity contribution < 1.29 is 108 Å². The van der Waals surface area contributed by atoms with Crippen LogP contribution in [0.4, 0.5) is 0 Å². The van der Waals surface area contributed by atoms with E-state index in [1.807, 2.05) is 0 Å². The van der Waals surface area contributed by atoms with Gasteiger partial charge in [-0.3, -0.25) is 28.8 Å². The summed E-state index contributed by atoms with van der Waals surface area (Å²) in [7, 11) is 0. The Morgan fingerprint density at radius 1 is 0.289 bits per heavy atom. The quantitative estimate of drug-likeness (QED) is 0.0159.